The Bertz CT molecular complexity index is 1010. The van der Waals surface area contributed by atoms with Crippen LogP contribution in [-0.4, -0.2) is 40.1 Å². The molecule has 1 fully saturated rings. The van der Waals surface area contributed by atoms with Gasteiger partial charge in [-0.1, -0.05) is 30.3 Å². The number of fused-ring (bicyclic) bond motifs is 1. The molecule has 2 aromatic carbocycles. The minimum atomic E-state index is -1.40. The van der Waals surface area contributed by atoms with Crippen molar-refractivity contribution in [1.29, 1.82) is 0 Å². The molecule has 4 rings (SSSR count). The van der Waals surface area contributed by atoms with E-state index in [1.165, 1.54) is 18.2 Å². The Hall–Kier alpha value is -3.23. The van der Waals surface area contributed by atoms with Gasteiger partial charge in [-0.25, -0.2) is 14.0 Å². The van der Waals surface area contributed by atoms with E-state index in [1.807, 2.05) is 30.3 Å². The maximum Gasteiger partial charge on any atom is 0.334 e. The molecule has 0 aliphatic carbocycles. The highest BCUT2D eigenvalue weighted by molar-refractivity contribution is 5.97. The third kappa shape index (κ3) is 3.55. The third-order valence-corrected chi connectivity index (χ3v) is 5.75. The SMILES string of the molecule is O=C(O)/C=C(/C(=O)O)C1(C2CCN(Cc3ccccc3)C2)NOc2cc(F)ccc21. The summed E-state index contributed by atoms with van der Waals surface area (Å²) in [6.07, 6.45) is 1.31. The zero-order valence-corrected chi connectivity index (χ0v) is 16.0. The molecule has 2 atom stereocenters. The topological polar surface area (TPSA) is 99.1 Å². The van der Waals surface area contributed by atoms with E-state index in [4.69, 9.17) is 4.84 Å². The second-order valence-electron chi connectivity index (χ2n) is 7.56. The highest BCUT2D eigenvalue weighted by Gasteiger charge is 2.54. The van der Waals surface area contributed by atoms with Crippen LogP contribution in [0.25, 0.3) is 0 Å². The van der Waals surface area contributed by atoms with E-state index < -0.39 is 23.3 Å². The van der Waals surface area contributed by atoms with E-state index in [9.17, 15) is 24.2 Å². The maximum atomic E-state index is 13.7. The van der Waals surface area contributed by atoms with Crippen LogP contribution < -0.4 is 10.3 Å². The average molecular weight is 412 g/mol. The van der Waals surface area contributed by atoms with Crippen LogP contribution >= 0.6 is 0 Å². The summed E-state index contributed by atoms with van der Waals surface area (Å²) in [6, 6.07) is 13.7. The van der Waals surface area contributed by atoms with Crippen molar-refractivity contribution in [3.8, 4) is 5.75 Å². The number of hydrogen-bond donors (Lipinski definition) is 3. The van der Waals surface area contributed by atoms with Crippen LogP contribution in [0.3, 0.4) is 0 Å². The summed E-state index contributed by atoms with van der Waals surface area (Å²) in [7, 11) is 0. The predicted molar refractivity (Wildman–Crippen MR) is 105 cm³/mol. The minimum absolute atomic E-state index is 0.161. The van der Waals surface area contributed by atoms with Gasteiger partial charge in [0.15, 0.2) is 5.75 Å². The van der Waals surface area contributed by atoms with Gasteiger partial charge in [-0.15, -0.1) is 5.48 Å². The van der Waals surface area contributed by atoms with Crippen LogP contribution in [0.2, 0.25) is 0 Å². The van der Waals surface area contributed by atoms with E-state index >= 15 is 0 Å². The van der Waals surface area contributed by atoms with Gasteiger partial charge in [0.1, 0.15) is 11.4 Å². The number of hydroxylamine groups is 1. The molecule has 2 heterocycles. The Balaban J connectivity index is 1.73. The Labute approximate surface area is 172 Å². The summed E-state index contributed by atoms with van der Waals surface area (Å²) in [5.41, 5.74) is 2.58. The molecule has 156 valence electrons. The molecule has 0 radical (unpaired) electrons. The fourth-order valence-corrected chi connectivity index (χ4v) is 4.46. The Morgan fingerprint density at radius 2 is 2.00 bits per heavy atom. The second-order valence-corrected chi connectivity index (χ2v) is 7.56. The summed E-state index contributed by atoms with van der Waals surface area (Å²) >= 11 is 0. The average Bonchev–Trinajstić information content (AvgIpc) is 3.32. The van der Waals surface area contributed by atoms with Crippen molar-refractivity contribution >= 4 is 11.9 Å². The first-order valence-electron chi connectivity index (χ1n) is 9.59. The van der Waals surface area contributed by atoms with Gasteiger partial charge in [0.05, 0.1) is 5.57 Å². The number of likely N-dealkylation sites (tertiary alicyclic amines) is 1. The van der Waals surface area contributed by atoms with Crippen LogP contribution in [0.1, 0.15) is 17.5 Å². The first kappa shape index (κ1) is 20.1. The van der Waals surface area contributed by atoms with Crippen molar-refractivity contribution in [2.45, 2.75) is 18.5 Å². The van der Waals surface area contributed by atoms with Crippen molar-refractivity contribution in [2.75, 3.05) is 13.1 Å². The van der Waals surface area contributed by atoms with Crippen molar-refractivity contribution in [3.05, 3.63) is 77.1 Å². The third-order valence-electron chi connectivity index (χ3n) is 5.75. The van der Waals surface area contributed by atoms with Crippen molar-refractivity contribution < 1.29 is 29.0 Å². The lowest BCUT2D eigenvalue weighted by Crippen LogP contribution is -2.50. The van der Waals surface area contributed by atoms with Crippen LogP contribution in [0, 0.1) is 11.7 Å². The lowest BCUT2D eigenvalue weighted by Gasteiger charge is -2.35. The quantitative estimate of drug-likeness (QED) is 0.627. The number of halogens is 1. The first-order chi connectivity index (χ1) is 14.4. The van der Waals surface area contributed by atoms with Gasteiger partial charge in [-0.05, 0) is 30.7 Å². The molecule has 0 aromatic heterocycles. The number of benzene rings is 2. The molecular weight excluding hydrogens is 391 g/mol. The van der Waals surface area contributed by atoms with Crippen LogP contribution in [0.15, 0.2) is 60.2 Å². The van der Waals surface area contributed by atoms with Crippen molar-refractivity contribution in [3.63, 3.8) is 0 Å². The lowest BCUT2D eigenvalue weighted by molar-refractivity contribution is -0.136. The molecule has 7 nitrogen and oxygen atoms in total. The summed E-state index contributed by atoms with van der Waals surface area (Å²) in [5, 5.41) is 19.2. The highest BCUT2D eigenvalue weighted by atomic mass is 19.1. The summed E-state index contributed by atoms with van der Waals surface area (Å²) in [6.45, 7) is 1.92. The molecule has 0 amide bonds. The van der Waals surface area contributed by atoms with Crippen molar-refractivity contribution in [2.24, 2.45) is 5.92 Å². The first-order valence-corrected chi connectivity index (χ1v) is 9.59. The standard InChI is InChI=1S/C22H21FN2O5/c23-16-6-7-17-19(10-16)30-24-22(17,18(21(28)29)11-20(26)27)15-8-9-25(13-15)12-14-4-2-1-3-5-14/h1-7,10-11,15,24H,8-9,12-13H2,(H,26,27)(H,28,29)/b18-11-. The van der Waals surface area contributed by atoms with Gasteiger partial charge < -0.3 is 15.1 Å². The largest absolute Gasteiger partial charge is 0.478 e. The van der Waals surface area contributed by atoms with Gasteiger partial charge in [0.2, 0.25) is 0 Å². The molecule has 2 aliphatic rings. The van der Waals surface area contributed by atoms with Crippen LogP contribution in [-0.2, 0) is 21.7 Å². The molecule has 2 unspecified atom stereocenters. The van der Waals surface area contributed by atoms with E-state index in [0.717, 1.165) is 5.56 Å². The van der Waals surface area contributed by atoms with Crippen LogP contribution in [0.5, 0.6) is 5.75 Å². The number of carboxylic acids is 2. The maximum absolute atomic E-state index is 13.7. The van der Waals surface area contributed by atoms with E-state index in [1.54, 1.807) is 0 Å². The lowest BCUT2D eigenvalue weighted by atomic mass is 9.72. The Morgan fingerprint density at radius 3 is 2.70 bits per heavy atom. The highest BCUT2D eigenvalue weighted by Crippen LogP contribution is 2.48. The number of carbonyl (C=O) groups is 2. The molecule has 2 aromatic rings. The number of carboxylic acid groups (broad SMARTS) is 2. The molecule has 0 spiro atoms. The molecule has 30 heavy (non-hydrogen) atoms. The number of aliphatic carboxylic acids is 2. The fraction of sp³-hybridized carbons (Fsp3) is 0.273. The molecule has 2 aliphatic heterocycles. The van der Waals surface area contributed by atoms with E-state index in [2.05, 4.69) is 10.4 Å². The Morgan fingerprint density at radius 1 is 1.23 bits per heavy atom. The zero-order chi connectivity index (χ0) is 21.3. The number of hydrogen-bond acceptors (Lipinski definition) is 5. The molecule has 8 heteroatoms. The predicted octanol–water partition coefficient (Wildman–Crippen LogP) is 2.54. The zero-order valence-electron chi connectivity index (χ0n) is 16.0. The van der Waals surface area contributed by atoms with Crippen LogP contribution in [0.4, 0.5) is 4.39 Å². The van der Waals surface area contributed by atoms with Gasteiger partial charge in [0, 0.05) is 36.7 Å². The van der Waals surface area contributed by atoms with Gasteiger partial charge in [0.25, 0.3) is 0 Å². The molecule has 3 N–H and O–H groups in total. The monoisotopic (exact) mass is 412 g/mol. The molecular formula is C22H21FN2O5. The van der Waals surface area contributed by atoms with E-state index in [0.29, 0.717) is 37.7 Å². The van der Waals surface area contributed by atoms with Gasteiger partial charge >= 0.3 is 11.9 Å². The number of nitrogens with zero attached hydrogens (tertiary/aromatic N) is 1. The summed E-state index contributed by atoms with van der Waals surface area (Å²) in [5.74, 6) is -3.40. The van der Waals surface area contributed by atoms with Crippen molar-refractivity contribution in [1.82, 2.24) is 10.4 Å². The number of rotatable bonds is 6. The number of nitrogens with one attached hydrogen (secondary N) is 1. The molecule has 0 saturated carbocycles. The summed E-state index contributed by atoms with van der Waals surface area (Å²) in [4.78, 5) is 31.2. The normalized spacial score (nSPS) is 23.8. The van der Waals surface area contributed by atoms with Gasteiger partial charge in [-0.2, -0.15) is 0 Å². The Kier molecular flexibility index (Phi) is 5.27. The second kappa shape index (κ2) is 7.89. The minimum Gasteiger partial charge on any atom is -0.478 e. The molecule has 0 bridgehead atoms. The smallest absolute Gasteiger partial charge is 0.334 e. The fourth-order valence-electron chi connectivity index (χ4n) is 4.46. The summed E-state index contributed by atoms with van der Waals surface area (Å²) < 4.78 is 13.7. The van der Waals surface area contributed by atoms with Gasteiger partial charge in [-0.3, -0.25) is 4.90 Å². The molecule has 1 saturated heterocycles. The van der Waals surface area contributed by atoms with E-state index in [-0.39, 0.29) is 17.2 Å².